The molecule has 0 saturated carbocycles. The van der Waals surface area contributed by atoms with Crippen molar-refractivity contribution in [1.82, 2.24) is 0 Å². The van der Waals surface area contributed by atoms with E-state index in [1.165, 1.54) is 19.3 Å². The van der Waals surface area contributed by atoms with Crippen LogP contribution in [0.15, 0.2) is 146 Å². The molecule has 55 heavy (non-hydrogen) atoms. The van der Waals surface area contributed by atoms with Crippen LogP contribution < -0.4 is 0 Å². The summed E-state index contributed by atoms with van der Waals surface area (Å²) < 4.78 is 11.1. The van der Waals surface area contributed by atoms with Crippen molar-refractivity contribution in [2.24, 2.45) is 0 Å². The van der Waals surface area contributed by atoms with Crippen molar-refractivity contribution in [1.29, 1.82) is 0 Å². The lowest BCUT2D eigenvalue weighted by atomic mass is 10.1. The summed E-state index contributed by atoms with van der Waals surface area (Å²) in [6.07, 6.45) is 72.0. The molecule has 1 N–H and O–H groups in total. The number of rotatable bonds is 37. The van der Waals surface area contributed by atoms with Gasteiger partial charge in [-0.1, -0.05) is 179 Å². The summed E-state index contributed by atoms with van der Waals surface area (Å²) in [5.74, 6) is -0.297. The van der Waals surface area contributed by atoms with Gasteiger partial charge in [0.25, 0.3) is 0 Å². The Bertz CT molecular complexity index is 1200. The molecule has 4 nitrogen and oxygen atoms in total. The number of esters is 1. The van der Waals surface area contributed by atoms with Gasteiger partial charge in [0.05, 0.1) is 13.2 Å². The molecule has 0 aliphatic carbocycles. The second kappa shape index (κ2) is 46.4. The summed E-state index contributed by atoms with van der Waals surface area (Å²) in [6.45, 7) is 4.96. The SMILES string of the molecule is CC/C=C\C/C=C\C/C=C\C/C=C\C/C=C\C/C=C\CCCCCCCOCC(CO)OC(=O)CC/C=C\C/C=C\C/C=C\C/C=C\C/C=C\C/C=C\CC. The molecule has 0 aliphatic heterocycles. The molecule has 1 unspecified atom stereocenters. The molecule has 0 fully saturated rings. The Morgan fingerprint density at radius 1 is 0.436 bits per heavy atom. The maximum Gasteiger partial charge on any atom is 0.306 e. The minimum atomic E-state index is -0.598. The van der Waals surface area contributed by atoms with Crippen molar-refractivity contribution in [2.45, 2.75) is 148 Å². The van der Waals surface area contributed by atoms with E-state index in [4.69, 9.17) is 9.47 Å². The monoisotopic (exact) mass is 755 g/mol. The molecule has 0 aromatic heterocycles. The molecule has 0 aliphatic rings. The molecular formula is C51H78O4. The second-order valence-corrected chi connectivity index (χ2v) is 13.3. The minimum absolute atomic E-state index is 0.222. The molecular weight excluding hydrogens is 677 g/mol. The Morgan fingerprint density at radius 3 is 1.15 bits per heavy atom. The van der Waals surface area contributed by atoms with E-state index in [0.29, 0.717) is 19.4 Å². The molecule has 0 aromatic rings. The molecule has 306 valence electrons. The number of ether oxygens (including phenoxy) is 2. The number of unbranched alkanes of at least 4 members (excludes halogenated alkanes) is 5. The van der Waals surface area contributed by atoms with Crippen LogP contribution in [0.5, 0.6) is 0 Å². The van der Waals surface area contributed by atoms with Gasteiger partial charge in [-0.3, -0.25) is 4.79 Å². The van der Waals surface area contributed by atoms with E-state index in [1.807, 2.05) is 6.08 Å². The van der Waals surface area contributed by atoms with Crippen LogP contribution in [-0.2, 0) is 14.3 Å². The lowest BCUT2D eigenvalue weighted by Crippen LogP contribution is -2.27. The predicted molar refractivity (Wildman–Crippen MR) is 241 cm³/mol. The van der Waals surface area contributed by atoms with Crippen LogP contribution in [0.1, 0.15) is 142 Å². The van der Waals surface area contributed by atoms with Crippen LogP contribution >= 0.6 is 0 Å². The topological polar surface area (TPSA) is 55.8 Å². The van der Waals surface area contributed by atoms with Crippen LogP contribution in [0.2, 0.25) is 0 Å². The van der Waals surface area contributed by atoms with Crippen molar-refractivity contribution in [2.75, 3.05) is 19.8 Å². The van der Waals surface area contributed by atoms with Crippen molar-refractivity contribution >= 4 is 5.97 Å². The van der Waals surface area contributed by atoms with E-state index in [1.54, 1.807) is 0 Å². The van der Waals surface area contributed by atoms with Crippen molar-refractivity contribution < 1.29 is 19.4 Å². The zero-order chi connectivity index (χ0) is 39.8. The Kier molecular flexibility index (Phi) is 43.3. The number of aliphatic hydroxyl groups excluding tert-OH is 1. The van der Waals surface area contributed by atoms with Crippen molar-refractivity contribution in [3.8, 4) is 0 Å². The van der Waals surface area contributed by atoms with E-state index in [2.05, 4.69) is 154 Å². The highest BCUT2D eigenvalue weighted by atomic mass is 16.6. The number of carbonyl (C=O) groups is 1. The third-order valence-electron chi connectivity index (χ3n) is 8.17. The van der Waals surface area contributed by atoms with Gasteiger partial charge in [0.15, 0.2) is 0 Å². The van der Waals surface area contributed by atoms with Gasteiger partial charge in [-0.2, -0.15) is 0 Å². The summed E-state index contributed by atoms with van der Waals surface area (Å²) in [5, 5.41) is 9.59. The van der Waals surface area contributed by atoms with E-state index in [9.17, 15) is 9.90 Å². The Morgan fingerprint density at radius 2 is 0.764 bits per heavy atom. The summed E-state index contributed by atoms with van der Waals surface area (Å²) in [4.78, 5) is 12.2. The molecule has 1 atom stereocenters. The van der Waals surface area contributed by atoms with E-state index < -0.39 is 6.10 Å². The first-order valence-electron chi connectivity index (χ1n) is 21.4. The molecule has 0 spiro atoms. The molecule has 0 rings (SSSR count). The highest BCUT2D eigenvalue weighted by Gasteiger charge is 2.13. The van der Waals surface area contributed by atoms with Crippen LogP contribution in [0, 0.1) is 0 Å². The molecule has 0 aromatic carbocycles. The zero-order valence-electron chi connectivity index (χ0n) is 34.9. The number of hydrogen-bond acceptors (Lipinski definition) is 4. The van der Waals surface area contributed by atoms with Crippen molar-refractivity contribution in [3.05, 3.63) is 146 Å². The normalized spacial score (nSPS) is 13.9. The van der Waals surface area contributed by atoms with Crippen molar-refractivity contribution in [3.63, 3.8) is 0 Å². The van der Waals surface area contributed by atoms with Gasteiger partial charge < -0.3 is 14.6 Å². The quantitative estimate of drug-likeness (QED) is 0.0390. The lowest BCUT2D eigenvalue weighted by molar-refractivity contribution is -0.154. The van der Waals surface area contributed by atoms with E-state index in [-0.39, 0.29) is 19.2 Å². The minimum Gasteiger partial charge on any atom is -0.457 e. The molecule has 4 heteroatoms. The van der Waals surface area contributed by atoms with Gasteiger partial charge in [-0.05, 0) is 103 Å². The van der Waals surface area contributed by atoms with Gasteiger partial charge in [-0.15, -0.1) is 0 Å². The molecule has 0 saturated heterocycles. The smallest absolute Gasteiger partial charge is 0.306 e. The molecule has 0 amide bonds. The van der Waals surface area contributed by atoms with Crippen LogP contribution in [0.4, 0.5) is 0 Å². The highest BCUT2D eigenvalue weighted by Crippen LogP contribution is 2.08. The van der Waals surface area contributed by atoms with Gasteiger partial charge >= 0.3 is 5.97 Å². The predicted octanol–water partition coefficient (Wildman–Crippen LogP) is 14.4. The molecule has 0 bridgehead atoms. The molecule has 0 radical (unpaired) electrons. The first-order chi connectivity index (χ1) is 27.2. The number of hydrogen-bond donors (Lipinski definition) is 1. The summed E-state index contributed by atoms with van der Waals surface area (Å²) in [6, 6.07) is 0. The van der Waals surface area contributed by atoms with Gasteiger partial charge in [-0.25, -0.2) is 0 Å². The van der Waals surface area contributed by atoms with E-state index in [0.717, 1.165) is 96.3 Å². The van der Waals surface area contributed by atoms with Gasteiger partial charge in [0.2, 0.25) is 0 Å². The Balaban J connectivity index is 3.67. The summed E-state index contributed by atoms with van der Waals surface area (Å²) >= 11 is 0. The fourth-order valence-corrected chi connectivity index (χ4v) is 5.06. The lowest BCUT2D eigenvalue weighted by Gasteiger charge is -2.15. The fraction of sp³-hybridized carbons (Fsp3) is 0.510. The average Bonchev–Trinajstić information content (AvgIpc) is 3.19. The first kappa shape index (κ1) is 51.3. The third kappa shape index (κ3) is 44.6. The van der Waals surface area contributed by atoms with E-state index >= 15 is 0 Å². The van der Waals surface area contributed by atoms with Crippen LogP contribution in [0.3, 0.4) is 0 Å². The Labute approximate surface area is 338 Å². The average molecular weight is 755 g/mol. The highest BCUT2D eigenvalue weighted by molar-refractivity contribution is 5.69. The van der Waals surface area contributed by atoms with Crippen LogP contribution in [-0.4, -0.2) is 37.0 Å². The van der Waals surface area contributed by atoms with Gasteiger partial charge in [0.1, 0.15) is 6.10 Å². The second-order valence-electron chi connectivity index (χ2n) is 13.3. The number of aliphatic hydroxyl groups is 1. The summed E-state index contributed by atoms with van der Waals surface area (Å²) in [5.41, 5.74) is 0. The number of carbonyl (C=O) groups excluding carboxylic acids is 1. The van der Waals surface area contributed by atoms with Crippen LogP contribution in [0.25, 0.3) is 0 Å². The molecule has 0 heterocycles. The Hall–Kier alpha value is -3.73. The standard InChI is InChI=1S/C51H78O4/c1-3-5-7-9-11-13-15-17-19-21-23-24-25-26-27-29-31-33-35-37-39-41-43-45-47-54-49-50(48-52)55-51(53)46-44-42-40-38-36-34-32-30-28-22-20-18-16-14-12-10-8-6-4-2/h5-8,11-14,17-20,23-24,26-28,30-31,33-34,36,40,42,50,52H,3-4,9-10,15-16,21-22,25,29,32,35,37-39,41,43-49H2,1-2H3/b7-5-,8-6-,13-11-,14-12-,19-17-,20-18-,24-23-,27-26-,30-28-,33-31-,36-34-,42-40-. The third-order valence-corrected chi connectivity index (χ3v) is 8.17. The first-order valence-corrected chi connectivity index (χ1v) is 21.4. The summed E-state index contributed by atoms with van der Waals surface area (Å²) in [7, 11) is 0. The maximum atomic E-state index is 12.2. The maximum absolute atomic E-state index is 12.2. The largest absolute Gasteiger partial charge is 0.457 e. The zero-order valence-corrected chi connectivity index (χ0v) is 34.9. The fourth-order valence-electron chi connectivity index (χ4n) is 5.06. The van der Waals surface area contributed by atoms with Gasteiger partial charge in [0, 0.05) is 13.0 Å². The number of allylic oxidation sites excluding steroid dienone is 24.